The number of fused-ring (bicyclic) bond motifs is 1. The summed E-state index contributed by atoms with van der Waals surface area (Å²) in [6.45, 7) is 3.86. The molecule has 3 aromatic carbocycles. The number of hydrogen-bond acceptors (Lipinski definition) is 6. The van der Waals surface area contributed by atoms with E-state index in [1.807, 2.05) is 44.2 Å². The quantitative estimate of drug-likeness (QED) is 0.453. The van der Waals surface area contributed by atoms with Gasteiger partial charge in [-0.25, -0.2) is 18.4 Å². The maximum absolute atomic E-state index is 13.0. The van der Waals surface area contributed by atoms with Gasteiger partial charge in [0.2, 0.25) is 0 Å². The highest BCUT2D eigenvalue weighted by Crippen LogP contribution is 2.28. The average Bonchev–Trinajstić information content (AvgIpc) is 2.75. The van der Waals surface area contributed by atoms with E-state index in [-0.39, 0.29) is 10.7 Å². The largest absolute Gasteiger partial charge is 0.497 e. The van der Waals surface area contributed by atoms with Gasteiger partial charge < -0.3 is 10.1 Å². The van der Waals surface area contributed by atoms with E-state index in [4.69, 9.17) is 4.74 Å². The van der Waals surface area contributed by atoms with Crippen molar-refractivity contribution in [3.8, 4) is 5.75 Å². The molecule has 1 heterocycles. The lowest BCUT2D eigenvalue weighted by atomic mass is 10.2. The SMILES string of the molecule is COc1ccc(Nc2nc3cc(C)ccc3nc2NS(=O)(=O)c2ccc(C)cc2)cc1. The third-order valence-corrected chi connectivity index (χ3v) is 6.09. The van der Waals surface area contributed by atoms with Gasteiger partial charge in [-0.1, -0.05) is 23.8 Å². The first-order chi connectivity index (χ1) is 14.8. The molecule has 0 saturated carbocycles. The van der Waals surface area contributed by atoms with Crippen molar-refractivity contribution in [2.45, 2.75) is 18.7 Å². The summed E-state index contributed by atoms with van der Waals surface area (Å²) in [5.41, 5.74) is 3.98. The molecular formula is C23H22N4O3S. The summed E-state index contributed by atoms with van der Waals surface area (Å²) < 4.78 is 33.7. The van der Waals surface area contributed by atoms with Gasteiger partial charge in [-0.2, -0.15) is 0 Å². The van der Waals surface area contributed by atoms with E-state index < -0.39 is 10.0 Å². The van der Waals surface area contributed by atoms with Gasteiger partial charge in [0, 0.05) is 5.69 Å². The number of ether oxygens (including phenoxy) is 1. The topological polar surface area (TPSA) is 93.2 Å². The average molecular weight is 435 g/mol. The second kappa shape index (κ2) is 8.23. The third-order valence-electron chi connectivity index (χ3n) is 4.73. The molecule has 0 fully saturated rings. The van der Waals surface area contributed by atoms with Gasteiger partial charge in [-0.05, 0) is 67.9 Å². The molecule has 0 aliphatic rings. The molecule has 0 unspecified atom stereocenters. The first kappa shape index (κ1) is 20.6. The fourth-order valence-corrected chi connectivity index (χ4v) is 4.05. The number of aromatic nitrogens is 2. The van der Waals surface area contributed by atoms with Crippen molar-refractivity contribution in [3.63, 3.8) is 0 Å². The molecule has 0 aliphatic heterocycles. The maximum Gasteiger partial charge on any atom is 0.263 e. The second-order valence-electron chi connectivity index (χ2n) is 7.19. The molecule has 4 rings (SSSR count). The first-order valence-electron chi connectivity index (χ1n) is 9.63. The number of nitrogens with zero attached hydrogens (tertiary/aromatic N) is 2. The zero-order valence-corrected chi connectivity index (χ0v) is 18.2. The zero-order valence-electron chi connectivity index (χ0n) is 17.4. The van der Waals surface area contributed by atoms with E-state index in [2.05, 4.69) is 20.0 Å². The number of rotatable bonds is 6. The number of methoxy groups -OCH3 is 1. The van der Waals surface area contributed by atoms with Gasteiger partial charge in [0.05, 0.1) is 23.0 Å². The number of aryl methyl sites for hydroxylation is 2. The van der Waals surface area contributed by atoms with Crippen LogP contribution in [0.1, 0.15) is 11.1 Å². The Morgan fingerprint density at radius 1 is 0.774 bits per heavy atom. The van der Waals surface area contributed by atoms with Crippen LogP contribution >= 0.6 is 0 Å². The maximum atomic E-state index is 13.0. The Hall–Kier alpha value is -3.65. The van der Waals surface area contributed by atoms with Crippen molar-refractivity contribution in [3.05, 3.63) is 77.9 Å². The number of benzene rings is 3. The first-order valence-corrected chi connectivity index (χ1v) is 11.1. The van der Waals surface area contributed by atoms with Gasteiger partial charge in [0.25, 0.3) is 10.0 Å². The minimum absolute atomic E-state index is 0.118. The van der Waals surface area contributed by atoms with Gasteiger partial charge in [-0.3, -0.25) is 4.72 Å². The Labute approximate surface area is 181 Å². The Kier molecular flexibility index (Phi) is 5.48. The number of sulfonamides is 1. The van der Waals surface area contributed by atoms with Crippen LogP contribution in [-0.2, 0) is 10.0 Å². The molecule has 0 radical (unpaired) electrons. The summed E-state index contributed by atoms with van der Waals surface area (Å²) >= 11 is 0. The summed E-state index contributed by atoms with van der Waals surface area (Å²) in [5.74, 6) is 1.14. The van der Waals surface area contributed by atoms with Crippen molar-refractivity contribution in [1.82, 2.24) is 9.97 Å². The highest BCUT2D eigenvalue weighted by Gasteiger charge is 2.19. The van der Waals surface area contributed by atoms with Crippen LogP contribution in [0.15, 0.2) is 71.6 Å². The number of nitrogens with one attached hydrogen (secondary N) is 2. The van der Waals surface area contributed by atoms with Crippen molar-refractivity contribution in [2.75, 3.05) is 17.1 Å². The van der Waals surface area contributed by atoms with Crippen LogP contribution in [0.5, 0.6) is 5.75 Å². The van der Waals surface area contributed by atoms with E-state index in [0.717, 1.165) is 16.8 Å². The van der Waals surface area contributed by atoms with E-state index in [0.29, 0.717) is 22.6 Å². The van der Waals surface area contributed by atoms with Crippen LogP contribution in [0, 0.1) is 13.8 Å². The summed E-state index contributed by atoms with van der Waals surface area (Å²) in [6, 6.07) is 19.5. The normalized spacial score (nSPS) is 11.3. The smallest absolute Gasteiger partial charge is 0.263 e. The minimum atomic E-state index is -3.84. The molecule has 7 nitrogen and oxygen atoms in total. The Morgan fingerprint density at radius 2 is 1.42 bits per heavy atom. The third kappa shape index (κ3) is 4.59. The van der Waals surface area contributed by atoms with Crippen LogP contribution in [-0.4, -0.2) is 25.5 Å². The fourth-order valence-electron chi connectivity index (χ4n) is 3.04. The molecular weight excluding hydrogens is 412 g/mol. The van der Waals surface area contributed by atoms with E-state index in [1.54, 1.807) is 43.5 Å². The summed E-state index contributed by atoms with van der Waals surface area (Å²) in [6.07, 6.45) is 0. The van der Waals surface area contributed by atoms with Gasteiger partial charge in [0.1, 0.15) is 5.75 Å². The summed E-state index contributed by atoms with van der Waals surface area (Å²) in [7, 11) is -2.25. The Balaban J connectivity index is 1.77. The van der Waals surface area contributed by atoms with Gasteiger partial charge >= 0.3 is 0 Å². The molecule has 0 atom stereocenters. The van der Waals surface area contributed by atoms with Gasteiger partial charge in [0.15, 0.2) is 11.6 Å². The predicted molar refractivity (Wildman–Crippen MR) is 123 cm³/mol. The molecule has 0 bridgehead atoms. The summed E-state index contributed by atoms with van der Waals surface area (Å²) in [5, 5.41) is 3.16. The molecule has 0 amide bonds. The molecule has 8 heteroatoms. The lowest BCUT2D eigenvalue weighted by Crippen LogP contribution is -2.16. The van der Waals surface area contributed by atoms with Crippen LogP contribution < -0.4 is 14.8 Å². The fraction of sp³-hybridized carbons (Fsp3) is 0.130. The number of hydrogen-bond donors (Lipinski definition) is 2. The molecule has 2 N–H and O–H groups in total. The Bertz CT molecular complexity index is 1340. The minimum Gasteiger partial charge on any atom is -0.497 e. The van der Waals surface area contributed by atoms with Crippen LogP contribution in [0.2, 0.25) is 0 Å². The van der Waals surface area contributed by atoms with E-state index in [9.17, 15) is 8.42 Å². The second-order valence-corrected chi connectivity index (χ2v) is 8.87. The lowest BCUT2D eigenvalue weighted by molar-refractivity contribution is 0.415. The van der Waals surface area contributed by atoms with Crippen molar-refractivity contribution < 1.29 is 13.2 Å². The standard InChI is InChI=1S/C23H22N4O3S/c1-15-4-11-19(12-5-15)31(28,29)27-23-22(24-17-7-9-18(30-3)10-8-17)26-21-14-16(2)6-13-20(21)25-23/h4-14H,1-3H3,(H,24,26)(H,25,27). The predicted octanol–water partition coefficient (Wildman–Crippen LogP) is 4.80. The highest BCUT2D eigenvalue weighted by molar-refractivity contribution is 7.92. The lowest BCUT2D eigenvalue weighted by Gasteiger charge is -2.14. The molecule has 31 heavy (non-hydrogen) atoms. The molecule has 4 aromatic rings. The Morgan fingerprint density at radius 3 is 2.10 bits per heavy atom. The van der Waals surface area contributed by atoms with E-state index in [1.165, 1.54) is 0 Å². The summed E-state index contributed by atoms with van der Waals surface area (Å²) in [4.78, 5) is 9.32. The molecule has 158 valence electrons. The number of anilines is 3. The zero-order chi connectivity index (χ0) is 22.0. The van der Waals surface area contributed by atoms with Crippen molar-refractivity contribution >= 4 is 38.4 Å². The van der Waals surface area contributed by atoms with Crippen LogP contribution in [0.25, 0.3) is 11.0 Å². The van der Waals surface area contributed by atoms with Gasteiger partial charge in [-0.15, -0.1) is 0 Å². The molecule has 0 spiro atoms. The molecule has 0 aliphatic carbocycles. The molecule has 1 aromatic heterocycles. The monoisotopic (exact) mass is 434 g/mol. The van der Waals surface area contributed by atoms with E-state index >= 15 is 0 Å². The van der Waals surface area contributed by atoms with Crippen LogP contribution in [0.4, 0.5) is 17.3 Å². The van der Waals surface area contributed by atoms with Crippen molar-refractivity contribution in [1.29, 1.82) is 0 Å². The van der Waals surface area contributed by atoms with Crippen LogP contribution in [0.3, 0.4) is 0 Å². The van der Waals surface area contributed by atoms with Crippen molar-refractivity contribution in [2.24, 2.45) is 0 Å². The highest BCUT2D eigenvalue weighted by atomic mass is 32.2. The molecule has 0 saturated heterocycles.